The Labute approximate surface area is 175 Å². The second kappa shape index (κ2) is 9.44. The Hall–Kier alpha value is -3.04. The lowest BCUT2D eigenvalue weighted by Gasteiger charge is -2.15. The number of allylic oxidation sites excluding steroid dienone is 2. The number of hydrogen-bond acceptors (Lipinski definition) is 5. The van der Waals surface area contributed by atoms with Crippen LogP contribution in [0.3, 0.4) is 0 Å². The van der Waals surface area contributed by atoms with Gasteiger partial charge in [-0.05, 0) is 48.1 Å². The molecule has 3 rings (SSSR count). The van der Waals surface area contributed by atoms with Crippen LogP contribution in [0.2, 0.25) is 0 Å². The third kappa shape index (κ3) is 5.49. The number of carbonyl (C=O) groups is 2. The number of thiocarbonyl (C=S) groups is 1. The number of rotatable bonds is 6. The maximum absolute atomic E-state index is 12.5. The highest BCUT2D eigenvalue weighted by molar-refractivity contribution is 8.26. The second-order valence-electron chi connectivity index (χ2n) is 5.65. The molecule has 0 atom stereocenters. The predicted molar refractivity (Wildman–Crippen MR) is 111 cm³/mol. The first-order chi connectivity index (χ1) is 13.9. The van der Waals surface area contributed by atoms with Crippen LogP contribution in [-0.2, 0) is 4.79 Å². The largest absolute Gasteiger partial charge is 0.435 e. The van der Waals surface area contributed by atoms with Crippen LogP contribution >= 0.6 is 24.0 Å². The molecule has 148 valence electrons. The van der Waals surface area contributed by atoms with E-state index in [-0.39, 0.29) is 15.6 Å². The van der Waals surface area contributed by atoms with Crippen LogP contribution in [-0.4, -0.2) is 27.8 Å². The summed E-state index contributed by atoms with van der Waals surface area (Å²) in [4.78, 5) is 25.2. The van der Waals surface area contributed by atoms with Gasteiger partial charge in [-0.15, -0.1) is 0 Å². The number of ether oxygens (including phenoxy) is 1. The Balaban J connectivity index is 1.64. The van der Waals surface area contributed by atoms with Gasteiger partial charge in [-0.2, -0.15) is 13.8 Å². The minimum Gasteiger partial charge on any atom is -0.435 e. The monoisotopic (exact) mass is 432 g/mol. The Morgan fingerprint density at radius 3 is 2.48 bits per heavy atom. The smallest absolute Gasteiger partial charge is 0.387 e. The van der Waals surface area contributed by atoms with Crippen molar-refractivity contribution in [3.05, 3.63) is 82.8 Å². The number of carbonyl (C=O) groups excluding carboxylic acids is 2. The number of nitrogens with one attached hydrogen (secondary N) is 1. The molecular formula is C20H14F2N2O3S2. The summed E-state index contributed by atoms with van der Waals surface area (Å²) in [5.41, 5.74) is 3.56. The van der Waals surface area contributed by atoms with Gasteiger partial charge in [0, 0.05) is 5.56 Å². The molecule has 0 spiro atoms. The lowest BCUT2D eigenvalue weighted by molar-refractivity contribution is -0.123. The third-order valence-corrected chi connectivity index (χ3v) is 5.00. The summed E-state index contributed by atoms with van der Waals surface area (Å²) >= 11 is 6.22. The van der Waals surface area contributed by atoms with E-state index in [2.05, 4.69) is 10.2 Å². The Morgan fingerprint density at radius 2 is 1.83 bits per heavy atom. The van der Waals surface area contributed by atoms with Crippen LogP contribution in [0.25, 0.3) is 6.08 Å². The van der Waals surface area contributed by atoms with Crippen molar-refractivity contribution in [2.75, 3.05) is 0 Å². The third-order valence-electron chi connectivity index (χ3n) is 3.68. The Kier molecular flexibility index (Phi) is 6.73. The topological polar surface area (TPSA) is 58.6 Å². The molecule has 0 bridgehead atoms. The van der Waals surface area contributed by atoms with E-state index in [0.717, 1.165) is 22.3 Å². The average Bonchev–Trinajstić information content (AvgIpc) is 2.96. The van der Waals surface area contributed by atoms with Crippen LogP contribution in [0.15, 0.2) is 71.7 Å². The number of benzene rings is 2. The maximum Gasteiger partial charge on any atom is 0.387 e. The molecular weight excluding hydrogens is 418 g/mol. The van der Waals surface area contributed by atoms with E-state index in [0.29, 0.717) is 4.91 Å². The van der Waals surface area contributed by atoms with E-state index in [1.165, 1.54) is 24.3 Å². The zero-order valence-corrected chi connectivity index (χ0v) is 16.4. The van der Waals surface area contributed by atoms with Gasteiger partial charge in [0.2, 0.25) is 0 Å². The van der Waals surface area contributed by atoms with Crippen molar-refractivity contribution in [3.63, 3.8) is 0 Å². The number of amides is 2. The SMILES string of the molecule is O=C(NN1C(=O)/C(=C/C=C/c2ccccc2)SC1=S)c1ccc(OC(F)F)cc1. The molecule has 9 heteroatoms. The van der Waals surface area contributed by atoms with Crippen molar-refractivity contribution in [2.45, 2.75) is 6.61 Å². The number of hydrazine groups is 1. The molecule has 0 saturated carbocycles. The molecule has 1 aliphatic rings. The van der Waals surface area contributed by atoms with E-state index in [1.54, 1.807) is 12.2 Å². The molecule has 2 aromatic rings. The molecule has 2 amide bonds. The highest BCUT2D eigenvalue weighted by Crippen LogP contribution is 2.30. The molecule has 2 aromatic carbocycles. The van der Waals surface area contributed by atoms with Crippen molar-refractivity contribution in [1.82, 2.24) is 10.4 Å². The number of halogens is 2. The molecule has 29 heavy (non-hydrogen) atoms. The van der Waals surface area contributed by atoms with E-state index in [9.17, 15) is 18.4 Å². The van der Waals surface area contributed by atoms with Crippen molar-refractivity contribution < 1.29 is 23.1 Å². The van der Waals surface area contributed by atoms with Crippen molar-refractivity contribution in [3.8, 4) is 5.75 Å². The standard InChI is InChI=1S/C20H14F2N2O3S2/c21-19(22)27-15-11-9-14(10-12-15)17(25)23-24-18(26)16(29-20(24)28)8-4-7-13-5-2-1-3-6-13/h1-12,19H,(H,23,25)/b7-4+,16-8-. The molecule has 5 nitrogen and oxygen atoms in total. The molecule has 1 saturated heterocycles. The van der Waals surface area contributed by atoms with Gasteiger partial charge < -0.3 is 4.74 Å². The number of nitrogens with zero attached hydrogens (tertiary/aromatic N) is 1. The lowest BCUT2D eigenvalue weighted by atomic mass is 10.2. The van der Waals surface area contributed by atoms with Gasteiger partial charge in [0.15, 0.2) is 4.32 Å². The molecule has 0 radical (unpaired) electrons. The van der Waals surface area contributed by atoms with Crippen molar-refractivity contribution in [2.24, 2.45) is 0 Å². The molecule has 0 aromatic heterocycles. The summed E-state index contributed by atoms with van der Waals surface area (Å²) in [7, 11) is 0. The second-order valence-corrected chi connectivity index (χ2v) is 7.33. The van der Waals surface area contributed by atoms with Gasteiger partial charge in [0.1, 0.15) is 5.75 Å². The fourth-order valence-corrected chi connectivity index (χ4v) is 3.47. The van der Waals surface area contributed by atoms with Crippen LogP contribution < -0.4 is 10.2 Å². The molecule has 0 unspecified atom stereocenters. The molecule has 1 fully saturated rings. The number of alkyl halides is 2. The summed E-state index contributed by atoms with van der Waals surface area (Å²) in [5, 5.41) is 0.980. The quantitative estimate of drug-likeness (QED) is 0.542. The fourth-order valence-electron chi connectivity index (χ4n) is 2.34. The zero-order valence-electron chi connectivity index (χ0n) is 14.7. The van der Waals surface area contributed by atoms with Gasteiger partial charge in [-0.3, -0.25) is 15.0 Å². The van der Waals surface area contributed by atoms with Gasteiger partial charge in [-0.25, -0.2) is 0 Å². The van der Waals surface area contributed by atoms with E-state index >= 15 is 0 Å². The zero-order chi connectivity index (χ0) is 20.8. The fraction of sp³-hybridized carbons (Fsp3) is 0.0500. The molecule has 1 aliphatic heterocycles. The minimum atomic E-state index is -2.95. The van der Waals surface area contributed by atoms with Gasteiger partial charge in [-0.1, -0.05) is 54.2 Å². The first kappa shape index (κ1) is 20.7. The number of hydrogen-bond donors (Lipinski definition) is 1. The van der Waals surface area contributed by atoms with Crippen LogP contribution in [0.4, 0.5) is 8.78 Å². The van der Waals surface area contributed by atoms with Crippen molar-refractivity contribution in [1.29, 1.82) is 0 Å². The Bertz CT molecular complexity index is 977. The number of thioether (sulfide) groups is 1. The lowest BCUT2D eigenvalue weighted by Crippen LogP contribution is -2.44. The summed E-state index contributed by atoms with van der Waals surface area (Å²) in [6, 6.07) is 14.7. The highest BCUT2D eigenvalue weighted by Gasteiger charge is 2.33. The average molecular weight is 432 g/mol. The van der Waals surface area contributed by atoms with E-state index in [1.807, 2.05) is 36.4 Å². The Morgan fingerprint density at radius 1 is 1.14 bits per heavy atom. The maximum atomic E-state index is 12.5. The first-order valence-electron chi connectivity index (χ1n) is 8.29. The summed E-state index contributed by atoms with van der Waals surface area (Å²) in [6.07, 6.45) is 5.19. The van der Waals surface area contributed by atoms with Crippen LogP contribution in [0.5, 0.6) is 5.75 Å². The molecule has 0 aliphatic carbocycles. The minimum absolute atomic E-state index is 0.0738. The molecule has 1 heterocycles. The molecule has 1 N–H and O–H groups in total. The highest BCUT2D eigenvalue weighted by atomic mass is 32.2. The predicted octanol–water partition coefficient (Wildman–Crippen LogP) is 4.39. The van der Waals surface area contributed by atoms with Gasteiger partial charge >= 0.3 is 6.61 Å². The first-order valence-corrected chi connectivity index (χ1v) is 9.52. The van der Waals surface area contributed by atoms with Crippen LogP contribution in [0, 0.1) is 0 Å². The van der Waals surface area contributed by atoms with E-state index < -0.39 is 18.4 Å². The summed E-state index contributed by atoms with van der Waals surface area (Å²) < 4.78 is 28.8. The van der Waals surface area contributed by atoms with Crippen LogP contribution in [0.1, 0.15) is 15.9 Å². The normalized spacial score (nSPS) is 15.6. The van der Waals surface area contributed by atoms with Crippen molar-refractivity contribution >= 4 is 46.2 Å². The van der Waals surface area contributed by atoms with E-state index in [4.69, 9.17) is 12.2 Å². The summed E-state index contributed by atoms with van der Waals surface area (Å²) in [6.45, 7) is -2.95. The van der Waals surface area contributed by atoms with Gasteiger partial charge in [0.05, 0.1) is 4.91 Å². The van der Waals surface area contributed by atoms with Gasteiger partial charge in [0.25, 0.3) is 11.8 Å². The summed E-state index contributed by atoms with van der Waals surface area (Å²) in [5.74, 6) is -1.13.